The lowest BCUT2D eigenvalue weighted by Crippen LogP contribution is -2.82. The highest BCUT2D eigenvalue weighted by Crippen LogP contribution is 2.16. The van der Waals surface area contributed by atoms with E-state index in [-0.39, 0.29) is 5.96 Å². The van der Waals surface area contributed by atoms with Crippen LogP contribution in [0.5, 0.6) is 0 Å². The average molecular weight is 372 g/mol. The molecule has 0 aliphatic heterocycles. The molecule has 126 valence electrons. The van der Waals surface area contributed by atoms with E-state index in [1.807, 2.05) is 43.3 Å². The van der Waals surface area contributed by atoms with Crippen LogP contribution in [0.25, 0.3) is 10.9 Å². The third-order valence-corrected chi connectivity index (χ3v) is 3.85. The van der Waals surface area contributed by atoms with Crippen molar-refractivity contribution in [1.82, 2.24) is 9.97 Å². The molecule has 0 atom stereocenters. The number of aromatic nitrogens is 2. The van der Waals surface area contributed by atoms with E-state index in [0.717, 1.165) is 22.3 Å². The van der Waals surface area contributed by atoms with E-state index in [2.05, 4.69) is 25.6 Å². The second-order valence-electron chi connectivity index (χ2n) is 5.27. The average Bonchev–Trinajstić information content (AvgIpc) is 2.57. The summed E-state index contributed by atoms with van der Waals surface area (Å²) in [7, 11) is 0. The molecule has 0 saturated carbocycles. The van der Waals surface area contributed by atoms with Crippen molar-refractivity contribution in [3.8, 4) is 0 Å². The number of guanidine groups is 1. The zero-order chi connectivity index (χ0) is 17.8. The lowest BCUT2D eigenvalue weighted by Gasteiger charge is -2.05. The van der Waals surface area contributed by atoms with Crippen LogP contribution in [0, 0.1) is 6.92 Å². The van der Waals surface area contributed by atoms with Crippen molar-refractivity contribution in [3.05, 3.63) is 59.2 Å². The van der Waals surface area contributed by atoms with E-state index in [0.29, 0.717) is 16.1 Å². The van der Waals surface area contributed by atoms with Crippen LogP contribution < -0.4 is 21.4 Å². The predicted octanol–water partition coefficient (Wildman–Crippen LogP) is 1.80. The summed E-state index contributed by atoms with van der Waals surface area (Å²) in [6, 6.07) is 14.9. The lowest BCUT2D eigenvalue weighted by molar-refractivity contribution is -0.311. The Bertz CT molecular complexity index is 955. The van der Waals surface area contributed by atoms with E-state index in [1.165, 1.54) is 0 Å². The van der Waals surface area contributed by atoms with E-state index in [1.54, 1.807) is 12.1 Å². The summed E-state index contributed by atoms with van der Waals surface area (Å²) in [6.07, 6.45) is 0. The summed E-state index contributed by atoms with van der Waals surface area (Å²) in [4.78, 5) is 11.7. The Morgan fingerprint density at radius 3 is 2.56 bits per heavy atom. The number of anilines is 2. The van der Waals surface area contributed by atoms with Gasteiger partial charge in [-0.1, -0.05) is 29.8 Å². The number of nitrogens with zero attached hydrogens (tertiary/aromatic N) is 2. The number of nitrogens with two attached hydrogens (primary N) is 1. The molecular formula is C17H16ClN6S+. The fourth-order valence-electron chi connectivity index (χ4n) is 2.26. The summed E-state index contributed by atoms with van der Waals surface area (Å²) >= 11 is 11.1. The van der Waals surface area contributed by atoms with E-state index >= 15 is 0 Å². The van der Waals surface area contributed by atoms with Gasteiger partial charge in [0.2, 0.25) is 0 Å². The summed E-state index contributed by atoms with van der Waals surface area (Å²) < 4.78 is 0. The normalized spacial score (nSPS) is 11.4. The van der Waals surface area contributed by atoms with Crippen molar-refractivity contribution >= 4 is 57.4 Å². The summed E-state index contributed by atoms with van der Waals surface area (Å²) in [5.41, 5.74) is 8.45. The Kier molecular flexibility index (Phi) is 5.06. The molecule has 0 spiro atoms. The van der Waals surface area contributed by atoms with E-state index < -0.39 is 0 Å². The minimum atomic E-state index is 0.223. The molecule has 8 heteroatoms. The van der Waals surface area contributed by atoms with Crippen LogP contribution in [0.2, 0.25) is 5.02 Å². The van der Waals surface area contributed by atoms with Gasteiger partial charge in [0, 0.05) is 10.4 Å². The molecule has 0 radical (unpaired) electrons. The molecule has 3 rings (SSSR count). The monoisotopic (exact) mass is 371 g/mol. The highest BCUT2D eigenvalue weighted by Gasteiger charge is 2.09. The molecule has 0 aliphatic rings. The zero-order valence-electron chi connectivity index (χ0n) is 13.4. The number of hydrogen-bond donors (Lipinski definition) is 4. The first-order chi connectivity index (χ1) is 12.0. The number of para-hydroxylation sites is 1. The molecule has 0 bridgehead atoms. The molecule has 0 unspecified atom stereocenters. The van der Waals surface area contributed by atoms with Gasteiger partial charge in [-0.3, -0.25) is 5.32 Å². The van der Waals surface area contributed by atoms with Crippen LogP contribution in [0.15, 0.2) is 48.5 Å². The second kappa shape index (κ2) is 7.42. The maximum absolute atomic E-state index is 5.94. The third-order valence-electron chi connectivity index (χ3n) is 3.39. The fraction of sp³-hybridized carbons (Fsp3) is 0.0588. The first-order valence-electron chi connectivity index (χ1n) is 7.47. The van der Waals surface area contributed by atoms with Crippen molar-refractivity contribution in [2.45, 2.75) is 6.92 Å². The number of nitrogens with one attached hydrogen (secondary N) is 3. The number of benzene rings is 2. The highest BCUT2D eigenvalue weighted by atomic mass is 35.5. The van der Waals surface area contributed by atoms with Gasteiger partial charge in [0.05, 0.1) is 16.9 Å². The SMILES string of the molecule is Cc1nc(NC(N)=[NH+]C(=S)Nc2ccc(Cl)cc2)nc2ccccc12. The quantitative estimate of drug-likeness (QED) is 0.312. The molecule has 3 aromatic rings. The number of aryl methyl sites for hydroxylation is 1. The standard InChI is InChI=1S/C17H15ClN6S/c1-10-13-4-2-3-5-14(13)22-16(20-10)23-15(19)24-17(25)21-12-8-6-11(18)7-9-12/h2-9H,1H3,(H4,19,20,21,22,23,24,25)/p+1. The van der Waals surface area contributed by atoms with Crippen molar-refractivity contribution in [3.63, 3.8) is 0 Å². The van der Waals surface area contributed by atoms with Gasteiger partial charge >= 0.3 is 5.96 Å². The predicted molar refractivity (Wildman–Crippen MR) is 106 cm³/mol. The topological polar surface area (TPSA) is 89.8 Å². The van der Waals surface area contributed by atoms with Crippen LogP contribution in [0.4, 0.5) is 11.6 Å². The van der Waals surface area contributed by atoms with Crippen LogP contribution in [0.3, 0.4) is 0 Å². The van der Waals surface area contributed by atoms with Crippen molar-refractivity contribution in [1.29, 1.82) is 0 Å². The lowest BCUT2D eigenvalue weighted by atomic mass is 10.2. The van der Waals surface area contributed by atoms with Gasteiger partial charge in [-0.05, 0) is 49.5 Å². The van der Waals surface area contributed by atoms with Gasteiger partial charge in [-0.2, -0.15) is 0 Å². The molecule has 0 saturated heterocycles. The van der Waals surface area contributed by atoms with Crippen LogP contribution in [0.1, 0.15) is 5.69 Å². The van der Waals surface area contributed by atoms with Crippen LogP contribution >= 0.6 is 23.8 Å². The molecule has 0 aliphatic carbocycles. The molecular weight excluding hydrogens is 356 g/mol. The number of thiocarbonyl (C=S) groups is 1. The molecule has 1 aromatic heterocycles. The number of rotatable bonds is 2. The van der Waals surface area contributed by atoms with Gasteiger partial charge in [0.1, 0.15) is 0 Å². The highest BCUT2D eigenvalue weighted by molar-refractivity contribution is 7.80. The molecule has 0 fully saturated rings. The van der Waals surface area contributed by atoms with Gasteiger partial charge in [0.15, 0.2) is 0 Å². The summed E-state index contributed by atoms with van der Waals surface area (Å²) in [5.74, 6) is 0.622. The molecule has 25 heavy (non-hydrogen) atoms. The van der Waals surface area contributed by atoms with E-state index in [9.17, 15) is 0 Å². The first-order valence-corrected chi connectivity index (χ1v) is 8.26. The van der Waals surface area contributed by atoms with Crippen LogP contribution in [-0.2, 0) is 0 Å². The maximum atomic E-state index is 5.94. The van der Waals surface area contributed by atoms with Crippen molar-refractivity contribution < 1.29 is 4.99 Å². The summed E-state index contributed by atoms with van der Waals surface area (Å²) in [5, 5.41) is 7.91. The number of hydrogen-bond acceptors (Lipinski definition) is 3. The minimum absolute atomic E-state index is 0.223. The van der Waals surface area contributed by atoms with Crippen molar-refractivity contribution in [2.24, 2.45) is 5.73 Å². The van der Waals surface area contributed by atoms with E-state index in [4.69, 9.17) is 29.6 Å². The number of halogens is 1. The Morgan fingerprint density at radius 2 is 1.80 bits per heavy atom. The smallest absolute Gasteiger partial charge is 0.310 e. The maximum Gasteiger partial charge on any atom is 0.312 e. The third kappa shape index (κ3) is 4.40. The second-order valence-corrected chi connectivity index (χ2v) is 6.12. The minimum Gasteiger partial charge on any atom is -0.310 e. The zero-order valence-corrected chi connectivity index (χ0v) is 14.9. The van der Waals surface area contributed by atoms with Crippen LogP contribution in [-0.4, -0.2) is 21.0 Å². The molecule has 2 aromatic carbocycles. The molecule has 6 nitrogen and oxygen atoms in total. The molecule has 5 N–H and O–H groups in total. The van der Waals surface area contributed by atoms with Gasteiger partial charge in [0.25, 0.3) is 11.1 Å². The summed E-state index contributed by atoms with van der Waals surface area (Å²) in [6.45, 7) is 1.92. The first kappa shape index (κ1) is 17.1. The molecule has 0 amide bonds. The Balaban J connectivity index is 1.72. The fourth-order valence-corrected chi connectivity index (χ4v) is 2.61. The van der Waals surface area contributed by atoms with Gasteiger partial charge in [-0.25, -0.2) is 20.3 Å². The van der Waals surface area contributed by atoms with Gasteiger partial charge in [-0.15, -0.1) is 0 Å². The Morgan fingerprint density at radius 1 is 1.08 bits per heavy atom. The largest absolute Gasteiger partial charge is 0.312 e. The molecule has 1 heterocycles. The Labute approximate surface area is 155 Å². The van der Waals surface area contributed by atoms with Crippen molar-refractivity contribution in [2.75, 3.05) is 10.6 Å². The Hall–Kier alpha value is -2.77. The van der Waals surface area contributed by atoms with Gasteiger partial charge < -0.3 is 5.73 Å². The number of fused-ring (bicyclic) bond motifs is 1.